The van der Waals surface area contributed by atoms with Crippen LogP contribution in [-0.2, 0) is 6.54 Å². The number of benzene rings is 1. The van der Waals surface area contributed by atoms with Gasteiger partial charge in [0, 0.05) is 47.7 Å². The fourth-order valence-electron chi connectivity index (χ4n) is 3.84. The molecule has 0 bridgehead atoms. The fourth-order valence-corrected chi connectivity index (χ4v) is 4.36. The van der Waals surface area contributed by atoms with E-state index in [4.69, 9.17) is 0 Å². The maximum absolute atomic E-state index is 13.2. The predicted molar refractivity (Wildman–Crippen MR) is 107 cm³/mol. The van der Waals surface area contributed by atoms with Crippen molar-refractivity contribution in [3.63, 3.8) is 0 Å². The Hall–Kier alpha value is -2.34. The van der Waals surface area contributed by atoms with Crippen LogP contribution in [0.15, 0.2) is 29.8 Å². The number of amides is 1. The topological polar surface area (TPSA) is 61.0 Å². The summed E-state index contributed by atoms with van der Waals surface area (Å²) in [5, 5.41) is 7.28. The van der Waals surface area contributed by atoms with Crippen LogP contribution in [0.3, 0.4) is 0 Å². The van der Waals surface area contributed by atoms with Gasteiger partial charge in [-0.1, -0.05) is 24.5 Å². The number of aryl methyl sites for hydroxylation is 1. The van der Waals surface area contributed by atoms with Crippen LogP contribution in [-0.4, -0.2) is 33.9 Å². The smallest absolute Gasteiger partial charge is 0.270 e. The number of carbonyl (C=O) groups is 1. The van der Waals surface area contributed by atoms with Crippen LogP contribution in [0.25, 0.3) is 10.9 Å². The molecule has 2 aromatic heterocycles. The van der Waals surface area contributed by atoms with Crippen LogP contribution in [0.5, 0.6) is 0 Å². The van der Waals surface area contributed by atoms with E-state index in [9.17, 15) is 4.79 Å². The van der Waals surface area contributed by atoms with E-state index >= 15 is 0 Å². The number of nitrogens with one attached hydrogen (secondary N) is 2. The molecule has 1 aliphatic carbocycles. The Balaban J connectivity index is 1.69. The van der Waals surface area contributed by atoms with Gasteiger partial charge in [-0.05, 0) is 31.9 Å². The number of carbonyl (C=O) groups excluding carboxylic acids is 1. The number of anilines is 1. The first-order valence-corrected chi connectivity index (χ1v) is 10.0. The number of hydrogen-bond acceptors (Lipinski definition) is 4. The standard InChI is InChI=1S/C20H24N4OS/c1-13-7-8-17-15(11-13)16(12-22-20-21-9-10-26-20)18(23-17)19(25)24(2)14-5-3-4-6-14/h7-11,14,23H,3-6,12H2,1-2H3,(H,21,22). The van der Waals surface area contributed by atoms with E-state index in [2.05, 4.69) is 40.4 Å². The van der Waals surface area contributed by atoms with Crippen LogP contribution in [0.2, 0.25) is 0 Å². The highest BCUT2D eigenvalue weighted by atomic mass is 32.1. The molecule has 6 heteroatoms. The van der Waals surface area contributed by atoms with Crippen molar-refractivity contribution in [2.45, 2.75) is 45.2 Å². The molecule has 136 valence electrons. The average Bonchev–Trinajstić information content (AvgIpc) is 3.38. The number of rotatable bonds is 5. The molecular formula is C20H24N4OS. The highest BCUT2D eigenvalue weighted by Crippen LogP contribution is 2.28. The number of thiazole rings is 1. The van der Waals surface area contributed by atoms with E-state index in [1.165, 1.54) is 18.4 Å². The Morgan fingerprint density at radius 2 is 2.19 bits per heavy atom. The molecule has 26 heavy (non-hydrogen) atoms. The molecule has 3 aromatic rings. The summed E-state index contributed by atoms with van der Waals surface area (Å²) in [7, 11) is 1.94. The lowest BCUT2D eigenvalue weighted by Gasteiger charge is -2.24. The van der Waals surface area contributed by atoms with Gasteiger partial charge in [0.2, 0.25) is 0 Å². The summed E-state index contributed by atoms with van der Waals surface area (Å²) in [4.78, 5) is 22.8. The van der Waals surface area contributed by atoms with Gasteiger partial charge in [-0.25, -0.2) is 4.98 Å². The van der Waals surface area contributed by atoms with Gasteiger partial charge in [0.05, 0.1) is 0 Å². The third kappa shape index (κ3) is 3.21. The van der Waals surface area contributed by atoms with Gasteiger partial charge >= 0.3 is 0 Å². The van der Waals surface area contributed by atoms with Crippen LogP contribution in [0.4, 0.5) is 5.13 Å². The average molecular weight is 369 g/mol. The monoisotopic (exact) mass is 368 g/mol. The molecule has 1 aliphatic rings. The maximum atomic E-state index is 13.2. The second kappa shape index (κ2) is 7.11. The zero-order valence-electron chi connectivity index (χ0n) is 15.2. The van der Waals surface area contributed by atoms with Gasteiger partial charge in [-0.15, -0.1) is 11.3 Å². The third-order valence-corrected chi connectivity index (χ3v) is 6.05. The Morgan fingerprint density at radius 3 is 2.92 bits per heavy atom. The van der Waals surface area contributed by atoms with E-state index in [1.807, 2.05) is 17.3 Å². The van der Waals surface area contributed by atoms with Crippen LogP contribution in [0.1, 0.15) is 47.3 Å². The molecule has 2 heterocycles. The molecular weight excluding hydrogens is 344 g/mol. The highest BCUT2D eigenvalue weighted by molar-refractivity contribution is 7.13. The van der Waals surface area contributed by atoms with Gasteiger partial charge in [0.15, 0.2) is 5.13 Å². The van der Waals surface area contributed by atoms with E-state index < -0.39 is 0 Å². The quantitative estimate of drug-likeness (QED) is 0.694. The molecule has 0 saturated heterocycles. The van der Waals surface area contributed by atoms with Crippen molar-refractivity contribution in [2.24, 2.45) is 0 Å². The molecule has 0 spiro atoms. The lowest BCUT2D eigenvalue weighted by atomic mass is 10.1. The van der Waals surface area contributed by atoms with Gasteiger partial charge in [-0.2, -0.15) is 0 Å². The number of aromatic amines is 1. The van der Waals surface area contributed by atoms with Crippen LogP contribution in [0, 0.1) is 6.92 Å². The Labute approximate surface area is 157 Å². The molecule has 0 aliphatic heterocycles. The first kappa shape index (κ1) is 17.1. The number of fused-ring (bicyclic) bond motifs is 1. The minimum absolute atomic E-state index is 0.0849. The summed E-state index contributed by atoms with van der Waals surface area (Å²) < 4.78 is 0. The summed E-state index contributed by atoms with van der Waals surface area (Å²) in [5.41, 5.74) is 3.92. The lowest BCUT2D eigenvalue weighted by molar-refractivity contribution is 0.0729. The molecule has 2 N–H and O–H groups in total. The molecule has 1 amide bonds. The van der Waals surface area contributed by atoms with Crippen molar-refractivity contribution in [3.05, 3.63) is 46.6 Å². The van der Waals surface area contributed by atoms with Gasteiger partial charge in [0.25, 0.3) is 5.91 Å². The second-order valence-corrected chi connectivity index (χ2v) is 7.97. The zero-order valence-corrected chi connectivity index (χ0v) is 16.0. The van der Waals surface area contributed by atoms with E-state index in [1.54, 1.807) is 17.5 Å². The first-order chi connectivity index (χ1) is 12.6. The molecule has 1 saturated carbocycles. The van der Waals surface area contributed by atoms with Crippen LogP contribution < -0.4 is 5.32 Å². The minimum Gasteiger partial charge on any atom is -0.357 e. The minimum atomic E-state index is 0.0849. The number of H-pyrrole nitrogens is 1. The van der Waals surface area contributed by atoms with Crippen LogP contribution >= 0.6 is 11.3 Å². The van der Waals surface area contributed by atoms with Gasteiger partial charge < -0.3 is 15.2 Å². The number of hydrogen-bond donors (Lipinski definition) is 2. The largest absolute Gasteiger partial charge is 0.357 e. The third-order valence-electron chi connectivity index (χ3n) is 5.32. The maximum Gasteiger partial charge on any atom is 0.270 e. The molecule has 0 atom stereocenters. The molecule has 0 radical (unpaired) electrons. The first-order valence-electron chi connectivity index (χ1n) is 9.15. The molecule has 1 fully saturated rings. The van der Waals surface area contributed by atoms with Crippen molar-refractivity contribution in [1.82, 2.24) is 14.9 Å². The summed E-state index contributed by atoms with van der Waals surface area (Å²) in [6.45, 7) is 2.66. The van der Waals surface area contributed by atoms with E-state index in [-0.39, 0.29) is 5.91 Å². The summed E-state index contributed by atoms with van der Waals surface area (Å²) in [5.74, 6) is 0.0849. The fraction of sp³-hybridized carbons (Fsp3) is 0.400. The Bertz CT molecular complexity index is 909. The summed E-state index contributed by atoms with van der Waals surface area (Å²) >= 11 is 1.57. The Kier molecular flexibility index (Phi) is 4.68. The Morgan fingerprint density at radius 1 is 1.38 bits per heavy atom. The van der Waals surface area contributed by atoms with Gasteiger partial charge in [0.1, 0.15) is 5.69 Å². The van der Waals surface area contributed by atoms with Crippen molar-refractivity contribution >= 4 is 33.3 Å². The molecule has 0 unspecified atom stereocenters. The predicted octanol–water partition coefficient (Wildman–Crippen LogP) is 4.56. The van der Waals surface area contributed by atoms with Crippen molar-refractivity contribution in [3.8, 4) is 0 Å². The molecule has 1 aromatic carbocycles. The van der Waals surface area contributed by atoms with Crippen molar-refractivity contribution in [2.75, 3.05) is 12.4 Å². The number of nitrogens with zero attached hydrogens (tertiary/aromatic N) is 2. The lowest BCUT2D eigenvalue weighted by Crippen LogP contribution is -2.36. The summed E-state index contributed by atoms with van der Waals surface area (Å²) in [6, 6.07) is 6.64. The van der Waals surface area contributed by atoms with E-state index in [0.29, 0.717) is 18.3 Å². The molecule has 5 nitrogen and oxygen atoms in total. The van der Waals surface area contributed by atoms with E-state index in [0.717, 1.165) is 34.4 Å². The number of aromatic nitrogens is 2. The summed E-state index contributed by atoms with van der Waals surface area (Å²) in [6.07, 6.45) is 6.42. The van der Waals surface area contributed by atoms with Crippen molar-refractivity contribution < 1.29 is 4.79 Å². The zero-order chi connectivity index (χ0) is 18.1. The second-order valence-electron chi connectivity index (χ2n) is 7.07. The normalized spacial score (nSPS) is 14.8. The SMILES string of the molecule is Cc1ccc2[nH]c(C(=O)N(C)C3CCCC3)c(CNc3nccs3)c2c1. The van der Waals surface area contributed by atoms with Gasteiger partial charge in [-0.3, -0.25) is 4.79 Å². The molecule has 4 rings (SSSR count). The van der Waals surface area contributed by atoms with Crippen molar-refractivity contribution in [1.29, 1.82) is 0 Å². The highest BCUT2D eigenvalue weighted by Gasteiger charge is 2.27.